The first-order valence-corrected chi connectivity index (χ1v) is 6.63. The van der Waals surface area contributed by atoms with E-state index in [2.05, 4.69) is 25.7 Å². The molecule has 0 aromatic rings. The fourth-order valence-corrected chi connectivity index (χ4v) is 2.54. The van der Waals surface area contributed by atoms with Crippen molar-refractivity contribution in [2.75, 3.05) is 13.1 Å². The summed E-state index contributed by atoms with van der Waals surface area (Å²) in [7, 11) is 0. The van der Waals surface area contributed by atoms with Crippen molar-refractivity contribution in [1.29, 1.82) is 0 Å². The molecule has 15 heavy (non-hydrogen) atoms. The Hall–Kier alpha value is -0.0800. The van der Waals surface area contributed by atoms with E-state index in [0.717, 1.165) is 12.0 Å². The first-order chi connectivity index (χ1) is 7.13. The zero-order valence-electron chi connectivity index (χ0n) is 10.7. The monoisotopic (exact) mass is 212 g/mol. The second-order valence-corrected chi connectivity index (χ2v) is 5.45. The Balaban J connectivity index is 2.39. The van der Waals surface area contributed by atoms with Crippen LogP contribution in [0.1, 0.15) is 52.9 Å². The number of hydrogen-bond donors (Lipinski definition) is 1. The van der Waals surface area contributed by atoms with E-state index in [-0.39, 0.29) is 0 Å². The average molecular weight is 212 g/mol. The van der Waals surface area contributed by atoms with E-state index >= 15 is 0 Å². The van der Waals surface area contributed by atoms with Crippen LogP contribution in [0.15, 0.2) is 0 Å². The summed E-state index contributed by atoms with van der Waals surface area (Å²) in [6.45, 7) is 9.38. The van der Waals surface area contributed by atoms with Gasteiger partial charge >= 0.3 is 0 Å². The number of likely N-dealkylation sites (tertiary alicyclic amines) is 1. The molecule has 2 N–H and O–H groups in total. The van der Waals surface area contributed by atoms with Gasteiger partial charge in [-0.1, -0.05) is 20.8 Å². The summed E-state index contributed by atoms with van der Waals surface area (Å²) in [6.07, 6.45) is 6.36. The van der Waals surface area contributed by atoms with Crippen LogP contribution in [0.3, 0.4) is 0 Å². The number of nitrogens with zero attached hydrogens (tertiary/aromatic N) is 1. The van der Waals surface area contributed by atoms with Crippen LogP contribution in [0.4, 0.5) is 0 Å². The largest absolute Gasteiger partial charge is 0.328 e. The van der Waals surface area contributed by atoms with Gasteiger partial charge in [-0.3, -0.25) is 0 Å². The highest BCUT2D eigenvalue weighted by Crippen LogP contribution is 2.22. The molecular formula is C13H28N2. The van der Waals surface area contributed by atoms with E-state index in [1.165, 1.54) is 45.2 Å². The topological polar surface area (TPSA) is 29.3 Å². The standard InChI is InChI=1S/C13H28N2/c1-4-8-15-9-7-12(14)10-13(15)6-5-11(2)3/h11-13H,4-10,14H2,1-3H3. The van der Waals surface area contributed by atoms with Gasteiger partial charge in [0.25, 0.3) is 0 Å². The molecule has 1 rings (SSSR count). The van der Waals surface area contributed by atoms with Crippen molar-refractivity contribution in [3.63, 3.8) is 0 Å². The summed E-state index contributed by atoms with van der Waals surface area (Å²) in [5.41, 5.74) is 6.06. The van der Waals surface area contributed by atoms with Gasteiger partial charge in [0.1, 0.15) is 0 Å². The molecule has 0 aromatic heterocycles. The maximum absolute atomic E-state index is 6.06. The van der Waals surface area contributed by atoms with Crippen LogP contribution < -0.4 is 5.73 Å². The molecule has 0 aromatic carbocycles. The lowest BCUT2D eigenvalue weighted by Crippen LogP contribution is -2.47. The van der Waals surface area contributed by atoms with Gasteiger partial charge in [-0.25, -0.2) is 0 Å². The molecule has 0 spiro atoms. The van der Waals surface area contributed by atoms with E-state index in [4.69, 9.17) is 5.73 Å². The molecule has 2 unspecified atom stereocenters. The summed E-state index contributed by atoms with van der Waals surface area (Å²) >= 11 is 0. The molecule has 1 heterocycles. The SMILES string of the molecule is CCCN1CCC(N)CC1CCC(C)C. The molecule has 0 aliphatic carbocycles. The molecule has 1 aliphatic rings. The second kappa shape index (κ2) is 6.49. The number of rotatable bonds is 5. The van der Waals surface area contributed by atoms with Gasteiger partial charge < -0.3 is 10.6 Å². The van der Waals surface area contributed by atoms with Crippen LogP contribution in [-0.4, -0.2) is 30.1 Å². The van der Waals surface area contributed by atoms with Gasteiger partial charge in [-0.05, 0) is 51.1 Å². The minimum atomic E-state index is 0.454. The zero-order valence-corrected chi connectivity index (χ0v) is 10.7. The van der Waals surface area contributed by atoms with Crippen LogP contribution in [0.2, 0.25) is 0 Å². The smallest absolute Gasteiger partial charge is 0.0110 e. The Bertz CT molecular complexity index is 168. The third kappa shape index (κ3) is 4.52. The average Bonchev–Trinajstić information content (AvgIpc) is 2.18. The highest BCUT2D eigenvalue weighted by Gasteiger charge is 2.25. The summed E-state index contributed by atoms with van der Waals surface area (Å²) in [6, 6.07) is 1.21. The number of nitrogens with two attached hydrogens (primary N) is 1. The molecule has 0 bridgehead atoms. The maximum Gasteiger partial charge on any atom is 0.0110 e. The van der Waals surface area contributed by atoms with E-state index in [9.17, 15) is 0 Å². The molecule has 2 atom stereocenters. The van der Waals surface area contributed by atoms with Crippen molar-refractivity contribution in [3.05, 3.63) is 0 Å². The molecule has 0 saturated carbocycles. The Morgan fingerprint density at radius 2 is 2.13 bits per heavy atom. The van der Waals surface area contributed by atoms with Crippen molar-refractivity contribution < 1.29 is 0 Å². The van der Waals surface area contributed by atoms with Gasteiger partial charge in [0, 0.05) is 12.1 Å². The summed E-state index contributed by atoms with van der Waals surface area (Å²) < 4.78 is 0. The molecule has 0 radical (unpaired) electrons. The van der Waals surface area contributed by atoms with Gasteiger partial charge in [-0.15, -0.1) is 0 Å². The molecule has 1 saturated heterocycles. The fourth-order valence-electron chi connectivity index (χ4n) is 2.54. The fraction of sp³-hybridized carbons (Fsp3) is 1.00. The Morgan fingerprint density at radius 1 is 1.40 bits per heavy atom. The van der Waals surface area contributed by atoms with E-state index in [1.54, 1.807) is 0 Å². The minimum absolute atomic E-state index is 0.454. The Morgan fingerprint density at radius 3 is 2.73 bits per heavy atom. The summed E-state index contributed by atoms with van der Waals surface area (Å²) in [5, 5.41) is 0. The van der Waals surface area contributed by atoms with Gasteiger partial charge in [0.05, 0.1) is 0 Å². The van der Waals surface area contributed by atoms with E-state index < -0.39 is 0 Å². The van der Waals surface area contributed by atoms with E-state index in [0.29, 0.717) is 6.04 Å². The lowest BCUT2D eigenvalue weighted by atomic mass is 9.92. The lowest BCUT2D eigenvalue weighted by Gasteiger charge is -2.38. The Kier molecular flexibility index (Phi) is 5.62. The number of piperidine rings is 1. The predicted octanol–water partition coefficient (Wildman–Crippen LogP) is 2.62. The van der Waals surface area contributed by atoms with Gasteiger partial charge in [-0.2, -0.15) is 0 Å². The van der Waals surface area contributed by atoms with Crippen molar-refractivity contribution in [3.8, 4) is 0 Å². The molecule has 0 amide bonds. The van der Waals surface area contributed by atoms with Crippen molar-refractivity contribution in [1.82, 2.24) is 4.90 Å². The van der Waals surface area contributed by atoms with Gasteiger partial charge in [0.15, 0.2) is 0 Å². The Labute approximate surface area is 95.2 Å². The van der Waals surface area contributed by atoms with Crippen LogP contribution in [0.5, 0.6) is 0 Å². The first-order valence-electron chi connectivity index (χ1n) is 6.63. The van der Waals surface area contributed by atoms with E-state index in [1.807, 2.05) is 0 Å². The molecule has 90 valence electrons. The van der Waals surface area contributed by atoms with Crippen LogP contribution in [0.25, 0.3) is 0 Å². The maximum atomic E-state index is 6.06. The molecular weight excluding hydrogens is 184 g/mol. The van der Waals surface area contributed by atoms with Crippen LogP contribution in [-0.2, 0) is 0 Å². The molecule has 2 heteroatoms. The summed E-state index contributed by atoms with van der Waals surface area (Å²) in [5.74, 6) is 0.826. The second-order valence-electron chi connectivity index (χ2n) is 5.45. The lowest BCUT2D eigenvalue weighted by molar-refractivity contribution is 0.123. The third-order valence-corrected chi connectivity index (χ3v) is 3.47. The first kappa shape index (κ1) is 13.0. The number of hydrogen-bond acceptors (Lipinski definition) is 2. The van der Waals surface area contributed by atoms with Crippen molar-refractivity contribution in [2.24, 2.45) is 11.7 Å². The van der Waals surface area contributed by atoms with Crippen molar-refractivity contribution >= 4 is 0 Å². The molecule has 1 aliphatic heterocycles. The predicted molar refractivity (Wildman–Crippen MR) is 66.9 cm³/mol. The molecule has 1 fully saturated rings. The zero-order chi connectivity index (χ0) is 11.3. The third-order valence-electron chi connectivity index (χ3n) is 3.47. The van der Waals surface area contributed by atoms with Gasteiger partial charge in [0.2, 0.25) is 0 Å². The van der Waals surface area contributed by atoms with Crippen LogP contribution in [0, 0.1) is 5.92 Å². The molecule has 2 nitrogen and oxygen atoms in total. The van der Waals surface area contributed by atoms with Crippen LogP contribution >= 0.6 is 0 Å². The van der Waals surface area contributed by atoms with Crippen molar-refractivity contribution in [2.45, 2.75) is 65.0 Å². The highest BCUT2D eigenvalue weighted by molar-refractivity contribution is 4.83. The highest BCUT2D eigenvalue weighted by atomic mass is 15.2. The quantitative estimate of drug-likeness (QED) is 0.759. The normalized spacial score (nSPS) is 28.6. The summed E-state index contributed by atoms with van der Waals surface area (Å²) in [4.78, 5) is 2.66. The minimum Gasteiger partial charge on any atom is -0.328 e.